The van der Waals surface area contributed by atoms with Gasteiger partial charge in [0.15, 0.2) is 11.5 Å². The second-order valence-electron chi connectivity index (χ2n) is 6.10. The van der Waals surface area contributed by atoms with E-state index in [2.05, 4.69) is 10.3 Å². The van der Waals surface area contributed by atoms with E-state index < -0.39 is 0 Å². The van der Waals surface area contributed by atoms with Gasteiger partial charge in [-0.05, 0) is 49.2 Å². The summed E-state index contributed by atoms with van der Waals surface area (Å²) >= 11 is 0. The Balaban J connectivity index is 1.78. The predicted molar refractivity (Wildman–Crippen MR) is 97.0 cm³/mol. The van der Waals surface area contributed by atoms with Gasteiger partial charge in [0.1, 0.15) is 11.3 Å². The van der Waals surface area contributed by atoms with E-state index in [0.717, 1.165) is 23.3 Å². The number of carbonyl (C=O) groups excluding carboxylic acids is 1. The van der Waals surface area contributed by atoms with Crippen molar-refractivity contribution in [3.8, 4) is 5.75 Å². The highest BCUT2D eigenvalue weighted by Gasteiger charge is 2.12. The standard InChI is InChI=1S/C20H22N2O3/c1-4-13(2)21-20(23)15-7-10-17-18(12-15)25-19(22-17)11-14-5-8-16(24-3)9-6-14/h5-10,12-13H,4,11H2,1-3H3,(H,21,23)/t13-/m1/s1. The van der Waals surface area contributed by atoms with E-state index in [1.54, 1.807) is 19.2 Å². The molecular weight excluding hydrogens is 316 g/mol. The van der Waals surface area contributed by atoms with Crippen LogP contribution in [0.2, 0.25) is 0 Å². The molecule has 0 spiro atoms. The van der Waals surface area contributed by atoms with Gasteiger partial charge < -0.3 is 14.5 Å². The van der Waals surface area contributed by atoms with Gasteiger partial charge in [0, 0.05) is 18.0 Å². The van der Waals surface area contributed by atoms with Crippen LogP contribution >= 0.6 is 0 Å². The van der Waals surface area contributed by atoms with E-state index >= 15 is 0 Å². The number of fused-ring (bicyclic) bond motifs is 1. The van der Waals surface area contributed by atoms with Crippen LogP contribution in [0.15, 0.2) is 46.9 Å². The van der Waals surface area contributed by atoms with Crippen molar-refractivity contribution in [2.24, 2.45) is 0 Å². The van der Waals surface area contributed by atoms with Crippen LogP contribution in [0.5, 0.6) is 5.75 Å². The summed E-state index contributed by atoms with van der Waals surface area (Å²) in [7, 11) is 1.64. The summed E-state index contributed by atoms with van der Waals surface area (Å²) in [4.78, 5) is 16.7. The van der Waals surface area contributed by atoms with E-state index in [0.29, 0.717) is 23.5 Å². The Labute approximate surface area is 147 Å². The Bertz CT molecular complexity index is 868. The zero-order valence-corrected chi connectivity index (χ0v) is 14.7. The topological polar surface area (TPSA) is 64.4 Å². The highest BCUT2D eigenvalue weighted by molar-refractivity contribution is 5.97. The molecular formula is C20H22N2O3. The Hall–Kier alpha value is -2.82. The molecule has 0 fully saturated rings. The molecule has 130 valence electrons. The minimum atomic E-state index is -0.0932. The summed E-state index contributed by atoms with van der Waals surface area (Å²) in [5, 5.41) is 2.96. The maximum atomic E-state index is 12.2. The minimum absolute atomic E-state index is 0.0932. The lowest BCUT2D eigenvalue weighted by Gasteiger charge is -2.10. The largest absolute Gasteiger partial charge is 0.497 e. The van der Waals surface area contributed by atoms with Crippen LogP contribution in [0.1, 0.15) is 42.1 Å². The van der Waals surface area contributed by atoms with Crippen molar-refractivity contribution < 1.29 is 13.9 Å². The minimum Gasteiger partial charge on any atom is -0.497 e. The first-order chi connectivity index (χ1) is 12.1. The SMILES string of the molecule is CC[C@@H](C)NC(=O)c1ccc2nc(Cc3ccc(OC)cc3)oc2c1. The van der Waals surface area contributed by atoms with Crippen LogP contribution < -0.4 is 10.1 Å². The Morgan fingerprint density at radius 1 is 1.24 bits per heavy atom. The lowest BCUT2D eigenvalue weighted by Crippen LogP contribution is -2.31. The normalized spacial score (nSPS) is 12.1. The van der Waals surface area contributed by atoms with Crippen molar-refractivity contribution >= 4 is 17.0 Å². The summed E-state index contributed by atoms with van der Waals surface area (Å²) < 4.78 is 11.0. The van der Waals surface area contributed by atoms with Gasteiger partial charge in [-0.25, -0.2) is 4.98 Å². The molecule has 0 radical (unpaired) electrons. The molecule has 0 unspecified atom stereocenters. The Morgan fingerprint density at radius 3 is 2.68 bits per heavy atom. The van der Waals surface area contributed by atoms with Gasteiger partial charge in [-0.1, -0.05) is 19.1 Å². The molecule has 0 aliphatic rings. The number of oxazole rings is 1. The zero-order valence-electron chi connectivity index (χ0n) is 14.7. The number of hydrogen-bond donors (Lipinski definition) is 1. The summed E-state index contributed by atoms with van der Waals surface area (Å²) in [6.45, 7) is 4.02. The molecule has 0 aliphatic carbocycles. The number of amides is 1. The van der Waals surface area contributed by atoms with Gasteiger partial charge in [0.2, 0.25) is 0 Å². The maximum Gasteiger partial charge on any atom is 0.251 e. The monoisotopic (exact) mass is 338 g/mol. The number of rotatable bonds is 6. The van der Waals surface area contributed by atoms with E-state index in [-0.39, 0.29) is 11.9 Å². The molecule has 1 aromatic heterocycles. The summed E-state index contributed by atoms with van der Waals surface area (Å²) in [6, 6.07) is 13.3. The van der Waals surface area contributed by atoms with E-state index in [1.807, 2.05) is 44.2 Å². The smallest absolute Gasteiger partial charge is 0.251 e. The first-order valence-corrected chi connectivity index (χ1v) is 8.42. The third-order valence-electron chi connectivity index (χ3n) is 4.20. The molecule has 1 amide bonds. The van der Waals surface area contributed by atoms with E-state index in [4.69, 9.17) is 9.15 Å². The Morgan fingerprint density at radius 2 is 2.00 bits per heavy atom. The van der Waals surface area contributed by atoms with Crippen molar-refractivity contribution in [1.29, 1.82) is 0 Å². The van der Waals surface area contributed by atoms with Gasteiger partial charge in [0.25, 0.3) is 5.91 Å². The van der Waals surface area contributed by atoms with Gasteiger partial charge >= 0.3 is 0 Å². The molecule has 0 saturated heterocycles. The molecule has 1 atom stereocenters. The van der Waals surface area contributed by atoms with Crippen molar-refractivity contribution in [1.82, 2.24) is 10.3 Å². The first-order valence-electron chi connectivity index (χ1n) is 8.42. The fourth-order valence-electron chi connectivity index (χ4n) is 2.52. The number of hydrogen-bond acceptors (Lipinski definition) is 4. The molecule has 1 heterocycles. The first kappa shape index (κ1) is 17.0. The van der Waals surface area contributed by atoms with Crippen molar-refractivity contribution in [3.63, 3.8) is 0 Å². The average molecular weight is 338 g/mol. The molecule has 25 heavy (non-hydrogen) atoms. The highest BCUT2D eigenvalue weighted by Crippen LogP contribution is 2.20. The number of aromatic nitrogens is 1. The van der Waals surface area contributed by atoms with E-state index in [9.17, 15) is 4.79 Å². The number of benzene rings is 2. The molecule has 0 aliphatic heterocycles. The molecule has 2 aromatic carbocycles. The fourth-order valence-corrected chi connectivity index (χ4v) is 2.52. The maximum absolute atomic E-state index is 12.2. The molecule has 3 aromatic rings. The summed E-state index contributed by atoms with van der Waals surface area (Å²) in [5.74, 6) is 1.35. The van der Waals surface area contributed by atoms with Crippen molar-refractivity contribution in [3.05, 3.63) is 59.5 Å². The van der Waals surface area contributed by atoms with Crippen molar-refractivity contribution in [2.75, 3.05) is 7.11 Å². The van der Waals surface area contributed by atoms with Crippen LogP contribution in [0, 0.1) is 0 Å². The van der Waals surface area contributed by atoms with Gasteiger partial charge in [0.05, 0.1) is 7.11 Å². The highest BCUT2D eigenvalue weighted by atomic mass is 16.5. The van der Waals surface area contributed by atoms with Crippen LogP contribution in [-0.4, -0.2) is 24.0 Å². The quantitative estimate of drug-likeness (QED) is 0.739. The third kappa shape index (κ3) is 3.99. The van der Waals surface area contributed by atoms with E-state index in [1.165, 1.54) is 0 Å². The molecule has 1 N–H and O–H groups in total. The molecule has 5 heteroatoms. The van der Waals surface area contributed by atoms with Gasteiger partial charge in [-0.3, -0.25) is 4.79 Å². The van der Waals surface area contributed by atoms with Gasteiger partial charge in [-0.2, -0.15) is 0 Å². The lowest BCUT2D eigenvalue weighted by atomic mass is 10.1. The second kappa shape index (κ2) is 7.38. The number of methoxy groups -OCH3 is 1. The lowest BCUT2D eigenvalue weighted by molar-refractivity contribution is 0.0939. The average Bonchev–Trinajstić information content (AvgIpc) is 3.03. The summed E-state index contributed by atoms with van der Waals surface area (Å²) in [5.41, 5.74) is 3.05. The predicted octanol–water partition coefficient (Wildman–Crippen LogP) is 3.96. The van der Waals surface area contributed by atoms with Crippen LogP contribution in [0.25, 0.3) is 11.1 Å². The molecule has 0 saturated carbocycles. The molecule has 0 bridgehead atoms. The van der Waals surface area contributed by atoms with Crippen LogP contribution in [0.3, 0.4) is 0 Å². The third-order valence-corrected chi connectivity index (χ3v) is 4.20. The number of nitrogens with zero attached hydrogens (tertiary/aromatic N) is 1. The second-order valence-corrected chi connectivity index (χ2v) is 6.10. The number of carbonyl (C=O) groups is 1. The van der Waals surface area contributed by atoms with Crippen LogP contribution in [-0.2, 0) is 6.42 Å². The summed E-state index contributed by atoms with van der Waals surface area (Å²) in [6.07, 6.45) is 1.48. The fraction of sp³-hybridized carbons (Fsp3) is 0.300. The molecule has 3 rings (SSSR count). The zero-order chi connectivity index (χ0) is 17.8. The molecule has 5 nitrogen and oxygen atoms in total. The number of nitrogens with one attached hydrogen (secondary N) is 1. The Kier molecular flexibility index (Phi) is 5.03. The van der Waals surface area contributed by atoms with Crippen molar-refractivity contribution in [2.45, 2.75) is 32.7 Å². The van der Waals surface area contributed by atoms with Crippen LogP contribution in [0.4, 0.5) is 0 Å². The number of ether oxygens (including phenoxy) is 1. The van der Waals surface area contributed by atoms with Gasteiger partial charge in [-0.15, -0.1) is 0 Å².